The van der Waals surface area contributed by atoms with Gasteiger partial charge >= 0.3 is 0 Å². The van der Waals surface area contributed by atoms with E-state index >= 15 is 0 Å². The van der Waals surface area contributed by atoms with Crippen LogP contribution in [0.2, 0.25) is 0 Å². The molecule has 1 unspecified atom stereocenters. The number of hydrogen-bond acceptors (Lipinski definition) is 1. The summed E-state index contributed by atoms with van der Waals surface area (Å²) in [5.74, 6) is 4.09. The summed E-state index contributed by atoms with van der Waals surface area (Å²) in [6, 6.07) is 0. The first-order valence-electron chi connectivity index (χ1n) is 14.7. The van der Waals surface area contributed by atoms with E-state index in [1.165, 1.54) is 44.9 Å². The highest BCUT2D eigenvalue weighted by Crippen LogP contribution is 2.74. The summed E-state index contributed by atoms with van der Waals surface area (Å²) in [6.07, 6.45) is 12.4. The average Bonchev–Trinajstić information content (AvgIpc) is 2.94. The van der Waals surface area contributed by atoms with Gasteiger partial charge in [-0.15, -0.1) is 0 Å². The molecule has 4 aliphatic carbocycles. The molecule has 0 aromatic carbocycles. The molecule has 0 aromatic heterocycles. The van der Waals surface area contributed by atoms with Gasteiger partial charge in [-0.25, -0.2) is 0 Å². The van der Waals surface area contributed by atoms with Crippen LogP contribution in [0.5, 0.6) is 0 Å². The van der Waals surface area contributed by atoms with Crippen molar-refractivity contribution in [3.8, 4) is 0 Å². The lowest BCUT2D eigenvalue weighted by molar-refractivity contribution is -0.138. The first-order chi connectivity index (χ1) is 15.5. The van der Waals surface area contributed by atoms with Crippen molar-refractivity contribution in [3.05, 3.63) is 11.6 Å². The van der Waals surface area contributed by atoms with Crippen LogP contribution in [0.15, 0.2) is 11.6 Å². The Hall–Kier alpha value is -0.590. The van der Waals surface area contributed by atoms with Gasteiger partial charge in [0.2, 0.25) is 0 Å². The van der Waals surface area contributed by atoms with Crippen molar-refractivity contribution in [2.75, 3.05) is 0 Å². The maximum atomic E-state index is 13.7. The Morgan fingerprint density at radius 1 is 0.912 bits per heavy atom. The summed E-state index contributed by atoms with van der Waals surface area (Å²) in [4.78, 5) is 13.7. The molecule has 1 heteroatoms. The lowest BCUT2D eigenvalue weighted by atomic mass is 9.40. The second-order valence-corrected chi connectivity index (χ2v) is 16.4. The highest BCUT2D eigenvalue weighted by molar-refractivity contribution is 5.94. The van der Waals surface area contributed by atoms with Crippen LogP contribution in [-0.4, -0.2) is 5.78 Å². The van der Waals surface area contributed by atoms with Crippen LogP contribution in [0, 0.1) is 62.6 Å². The fourth-order valence-corrected chi connectivity index (χ4v) is 10.4. The van der Waals surface area contributed by atoms with Crippen molar-refractivity contribution < 1.29 is 4.79 Å². The van der Waals surface area contributed by atoms with Crippen LogP contribution in [0.4, 0.5) is 0 Å². The van der Waals surface area contributed by atoms with Crippen molar-refractivity contribution in [3.63, 3.8) is 0 Å². The molecule has 0 aliphatic heterocycles. The summed E-state index contributed by atoms with van der Waals surface area (Å²) >= 11 is 0. The van der Waals surface area contributed by atoms with Crippen LogP contribution >= 0.6 is 0 Å². The van der Waals surface area contributed by atoms with E-state index in [9.17, 15) is 4.79 Å². The van der Waals surface area contributed by atoms with Gasteiger partial charge < -0.3 is 0 Å². The quantitative estimate of drug-likeness (QED) is 0.401. The van der Waals surface area contributed by atoms with Crippen LogP contribution in [0.1, 0.15) is 128 Å². The maximum absolute atomic E-state index is 13.7. The van der Waals surface area contributed by atoms with Gasteiger partial charge in [-0.2, -0.15) is 0 Å². The molecule has 0 amide bonds. The van der Waals surface area contributed by atoms with E-state index in [0.29, 0.717) is 34.4 Å². The van der Waals surface area contributed by atoms with Gasteiger partial charge in [-0.1, -0.05) is 88.2 Å². The average molecular weight is 469 g/mol. The Bertz CT molecular complexity index is 841. The Labute approximate surface area is 212 Å². The molecular weight excluding hydrogens is 412 g/mol. The molecule has 1 nitrogen and oxygen atoms in total. The lowest BCUT2D eigenvalue weighted by Crippen LogP contribution is -2.58. The third kappa shape index (κ3) is 3.89. The minimum atomic E-state index is 0.150. The number of hydrogen-bond donors (Lipinski definition) is 0. The maximum Gasteiger partial charge on any atom is 0.159 e. The van der Waals surface area contributed by atoms with E-state index in [-0.39, 0.29) is 22.2 Å². The molecule has 0 N–H and O–H groups in total. The third-order valence-electron chi connectivity index (χ3n) is 12.4. The Morgan fingerprint density at radius 2 is 1.56 bits per heavy atom. The van der Waals surface area contributed by atoms with E-state index in [1.54, 1.807) is 5.57 Å². The summed E-state index contributed by atoms with van der Waals surface area (Å²) in [7, 11) is 0. The van der Waals surface area contributed by atoms with Crippen LogP contribution in [0.3, 0.4) is 0 Å². The van der Waals surface area contributed by atoms with Gasteiger partial charge in [0.1, 0.15) is 0 Å². The zero-order valence-electron chi connectivity index (χ0n) is 24.6. The summed E-state index contributed by atoms with van der Waals surface area (Å²) in [5.41, 5.74) is 2.96. The predicted octanol–water partition coefficient (Wildman–Crippen LogP) is 9.51. The first kappa shape index (κ1) is 26.5. The molecule has 0 heterocycles. The summed E-state index contributed by atoms with van der Waals surface area (Å²) < 4.78 is 0. The van der Waals surface area contributed by atoms with E-state index in [0.717, 1.165) is 18.3 Å². The van der Waals surface area contributed by atoms with Crippen molar-refractivity contribution in [2.45, 2.75) is 128 Å². The minimum absolute atomic E-state index is 0.150. The number of allylic oxidation sites excluding steroid dienone is 2. The van der Waals surface area contributed by atoms with Crippen LogP contribution < -0.4 is 0 Å². The highest BCUT2D eigenvalue weighted by Gasteiger charge is 2.67. The van der Waals surface area contributed by atoms with E-state index in [1.807, 2.05) is 0 Å². The molecule has 0 aromatic rings. The Kier molecular flexibility index (Phi) is 6.39. The number of ketones is 1. The molecule has 0 bridgehead atoms. The van der Waals surface area contributed by atoms with E-state index in [4.69, 9.17) is 0 Å². The molecule has 4 rings (SSSR count). The van der Waals surface area contributed by atoms with Crippen LogP contribution in [-0.2, 0) is 4.79 Å². The molecule has 4 aliphatic rings. The number of carbonyl (C=O) groups excluding carboxylic acids is 1. The van der Waals surface area contributed by atoms with Crippen molar-refractivity contribution >= 4 is 5.78 Å². The lowest BCUT2D eigenvalue weighted by Gasteiger charge is -2.64. The van der Waals surface area contributed by atoms with Gasteiger partial charge in [0.25, 0.3) is 0 Å². The molecule has 194 valence electrons. The fraction of sp³-hybridized carbons (Fsp3) is 0.909. The Balaban J connectivity index is 1.69. The smallest absolute Gasteiger partial charge is 0.159 e. The minimum Gasteiger partial charge on any atom is -0.295 e. The number of fused-ring (bicyclic) bond motifs is 5. The van der Waals surface area contributed by atoms with Crippen molar-refractivity contribution in [1.29, 1.82) is 0 Å². The second-order valence-electron chi connectivity index (χ2n) is 16.4. The number of rotatable bonds is 4. The zero-order valence-corrected chi connectivity index (χ0v) is 24.6. The van der Waals surface area contributed by atoms with Gasteiger partial charge in [-0.3, -0.25) is 4.79 Å². The second kappa shape index (κ2) is 8.21. The van der Waals surface area contributed by atoms with E-state index in [2.05, 4.69) is 82.2 Å². The zero-order chi connectivity index (χ0) is 25.5. The van der Waals surface area contributed by atoms with Gasteiger partial charge in [-0.05, 0) is 108 Å². The van der Waals surface area contributed by atoms with E-state index < -0.39 is 0 Å². The van der Waals surface area contributed by atoms with Crippen molar-refractivity contribution in [1.82, 2.24) is 0 Å². The standard InChI is InChI=1S/C33H56O/c1-21-17-24-26(34)18-25-28(31(24,9)19-22(21)2)23(3)20-33(11)27(13-16-32(25,33)10)30(7,8)15-12-14-29(4,5)6/h18,21-24,27-28H,12-17,19-20H2,1-11H3/t21-,22+,23-,24+,27-,28?,31+,32+,33-/m1/s1. The molecule has 3 fully saturated rings. The molecule has 9 atom stereocenters. The SMILES string of the molecule is C[C@@H]1C[C@]2(C)[C@@H](C(C)(C)CCCC(C)(C)C)CC[C@@]2(C)C2=CC(=O)[C@@H]3C[C@@H](C)[C@@H](C)C[C@]3(C)C21. The highest BCUT2D eigenvalue weighted by atomic mass is 16.1. The predicted molar refractivity (Wildman–Crippen MR) is 146 cm³/mol. The van der Waals surface area contributed by atoms with Crippen LogP contribution in [0.25, 0.3) is 0 Å². The molecular formula is C33H56O. The molecule has 0 spiro atoms. The van der Waals surface area contributed by atoms with Gasteiger partial charge in [0, 0.05) is 5.92 Å². The third-order valence-corrected chi connectivity index (χ3v) is 12.4. The summed E-state index contributed by atoms with van der Waals surface area (Å²) in [5, 5.41) is 0. The number of carbonyl (C=O) groups is 1. The van der Waals surface area contributed by atoms with Gasteiger partial charge in [0.05, 0.1) is 0 Å². The van der Waals surface area contributed by atoms with Gasteiger partial charge in [0.15, 0.2) is 5.78 Å². The molecule has 34 heavy (non-hydrogen) atoms. The molecule has 0 saturated heterocycles. The topological polar surface area (TPSA) is 17.1 Å². The normalized spacial score (nSPS) is 47.0. The first-order valence-corrected chi connectivity index (χ1v) is 14.7. The fourth-order valence-electron chi connectivity index (χ4n) is 10.4. The Morgan fingerprint density at radius 3 is 2.18 bits per heavy atom. The van der Waals surface area contributed by atoms with Crippen molar-refractivity contribution in [2.24, 2.45) is 62.6 Å². The monoisotopic (exact) mass is 468 g/mol. The largest absolute Gasteiger partial charge is 0.295 e. The summed E-state index contributed by atoms with van der Waals surface area (Å²) in [6.45, 7) is 27.4. The molecule has 0 radical (unpaired) electrons. The molecule has 3 saturated carbocycles.